The first-order chi connectivity index (χ1) is 52.0. The molecular weight excluding hydrogens is 1530 g/mol. The molecule has 12 rings (SSSR count). The van der Waals surface area contributed by atoms with Gasteiger partial charge in [-0.2, -0.15) is 0 Å². The van der Waals surface area contributed by atoms with Gasteiger partial charge < -0.3 is 10.5 Å². The topological polar surface area (TPSA) is 484 Å². The quantitative estimate of drug-likeness (QED) is 0.0401. The maximum absolute atomic E-state index is 12.9. The molecule has 4 aliphatic rings. The molecule has 0 radical (unpaired) electrons. The van der Waals surface area contributed by atoms with Crippen LogP contribution in [0.5, 0.6) is 0 Å². The molecule has 31 heteroatoms. The van der Waals surface area contributed by atoms with Crippen molar-refractivity contribution in [2.24, 2.45) is 26.3 Å². The lowest BCUT2D eigenvalue weighted by Crippen LogP contribution is -2.28. The monoisotopic (exact) mass is 1600 g/mol. The Hall–Kier alpha value is -11.2. The van der Waals surface area contributed by atoms with Gasteiger partial charge in [0.2, 0.25) is 46.0 Å². The number of primary sulfonamides is 4. The average molecular weight is 1600 g/mol. The number of aryl methyl sites for hydroxylation is 2. The van der Waals surface area contributed by atoms with Crippen LogP contribution in [0.25, 0.3) is 0 Å². The number of hydrogen-bond acceptors (Lipinski definition) is 21. The molecule has 0 aromatic heterocycles. The zero-order valence-electron chi connectivity index (χ0n) is 60.0. The number of hydrogen-bond donors (Lipinski definition) is 6. The van der Waals surface area contributed by atoms with E-state index in [4.69, 9.17) is 26.3 Å². The van der Waals surface area contributed by atoms with Gasteiger partial charge in [-0.3, -0.25) is 43.2 Å². The van der Waals surface area contributed by atoms with Gasteiger partial charge in [0.05, 0.1) is 46.7 Å². The molecule has 4 aliphatic carbocycles. The molecule has 1 amide bonds. The van der Waals surface area contributed by atoms with Crippen LogP contribution in [-0.2, 0) is 105 Å². The van der Waals surface area contributed by atoms with Gasteiger partial charge in [0.25, 0.3) is 10.0 Å². The number of nitrogens with one attached hydrogen (secondary N) is 1. The van der Waals surface area contributed by atoms with E-state index in [0.29, 0.717) is 42.4 Å². The minimum atomic E-state index is -4.19. The van der Waals surface area contributed by atoms with E-state index < -0.39 is 95.6 Å². The van der Waals surface area contributed by atoms with Crippen LogP contribution in [0.1, 0.15) is 162 Å². The van der Waals surface area contributed by atoms with Gasteiger partial charge in [0.1, 0.15) is 5.78 Å². The fraction of sp³-hybridized carbons (Fsp3) is 0.175. The highest BCUT2D eigenvalue weighted by Crippen LogP contribution is 2.34. The summed E-state index contributed by atoms with van der Waals surface area (Å²) in [7, 11) is -20.5. The minimum absolute atomic E-state index is 0.0179. The normalized spacial score (nSPS) is 14.4. The van der Waals surface area contributed by atoms with E-state index in [1.807, 2.05) is 84.4 Å². The van der Waals surface area contributed by atoms with Gasteiger partial charge in [-0.15, -0.1) is 0 Å². The van der Waals surface area contributed by atoms with Crippen LogP contribution in [0.2, 0.25) is 0 Å². The first-order valence-corrected chi connectivity index (χ1v) is 41.6. The Morgan fingerprint density at radius 1 is 0.378 bits per heavy atom. The fourth-order valence-corrected chi connectivity index (χ4v) is 16.9. The molecule has 8 aromatic rings. The summed E-state index contributed by atoms with van der Waals surface area (Å²) in [5.41, 5.74) is 12.8. The molecule has 26 nitrogen and oxygen atoms in total. The number of ketones is 9. The largest absolute Gasteiger partial charge is 0.328 e. The Kier molecular flexibility index (Phi) is 25.9. The first-order valence-electron chi connectivity index (χ1n) is 34.0. The molecule has 0 unspecified atom stereocenters. The van der Waals surface area contributed by atoms with Crippen LogP contribution in [0.4, 0.5) is 0 Å². The molecule has 0 saturated carbocycles. The van der Waals surface area contributed by atoms with Gasteiger partial charge in [-0.1, -0.05) is 147 Å². The van der Waals surface area contributed by atoms with Crippen molar-refractivity contribution in [1.82, 2.24) is 4.72 Å². The summed E-state index contributed by atoms with van der Waals surface area (Å²) in [6, 6.07) is 44.5. The van der Waals surface area contributed by atoms with Crippen molar-refractivity contribution < 1.29 is 90.0 Å². The molecule has 1 atom stereocenters. The lowest BCUT2D eigenvalue weighted by molar-refractivity contribution is -0.118. The number of benzene rings is 8. The second kappa shape index (κ2) is 34.4. The van der Waals surface area contributed by atoms with Gasteiger partial charge in [-0.25, -0.2) is 67.4 Å². The van der Waals surface area contributed by atoms with Gasteiger partial charge in [-0.05, 0) is 133 Å². The lowest BCUT2D eigenvalue weighted by atomic mass is 9.85. The molecule has 8 aromatic carbocycles. The second-order valence-electron chi connectivity index (χ2n) is 26.4. The summed E-state index contributed by atoms with van der Waals surface area (Å²) < 4.78 is 120. The average Bonchev–Trinajstić information content (AvgIpc) is 0.778. The van der Waals surface area contributed by atoms with Crippen molar-refractivity contribution in [2.45, 2.75) is 116 Å². The fourth-order valence-electron chi connectivity index (χ4n) is 12.8. The maximum atomic E-state index is 12.9. The Bertz CT molecular complexity index is 6020. The third kappa shape index (κ3) is 20.4. The van der Waals surface area contributed by atoms with Crippen molar-refractivity contribution in [3.63, 3.8) is 0 Å². The highest BCUT2D eigenvalue weighted by molar-refractivity contribution is 7.90. The first kappa shape index (κ1) is 83.8. The Morgan fingerprint density at radius 2 is 0.694 bits per heavy atom. The Labute approximate surface area is 640 Å². The molecule has 0 saturated heterocycles. The van der Waals surface area contributed by atoms with E-state index in [2.05, 4.69) is 6.92 Å². The highest BCUT2D eigenvalue weighted by Gasteiger charge is 2.36. The van der Waals surface area contributed by atoms with E-state index >= 15 is 0 Å². The van der Waals surface area contributed by atoms with Crippen molar-refractivity contribution in [3.05, 3.63) is 300 Å². The van der Waals surface area contributed by atoms with Crippen molar-refractivity contribution in [1.29, 1.82) is 0 Å². The van der Waals surface area contributed by atoms with Crippen LogP contribution >= 0.6 is 0 Å². The predicted octanol–water partition coefficient (Wildman–Crippen LogP) is 7.72. The van der Waals surface area contributed by atoms with E-state index in [-0.39, 0.29) is 118 Å². The van der Waals surface area contributed by atoms with E-state index in [9.17, 15) is 90.0 Å². The predicted molar refractivity (Wildman–Crippen MR) is 410 cm³/mol. The van der Waals surface area contributed by atoms with Crippen LogP contribution in [0.15, 0.2) is 241 Å². The van der Waals surface area contributed by atoms with Crippen molar-refractivity contribution in [3.8, 4) is 0 Å². The summed E-state index contributed by atoms with van der Waals surface area (Å²) >= 11 is 0. The molecule has 111 heavy (non-hydrogen) atoms. The standard InChI is InChI=1S/C21H19NO5S.C20H20N2O4S.C20H19NO4S.C19H16N2O7S2/c1-13(23)8-9-14-4-2-5-15(10-14)11-16-12-18(24)20-17(21(16)25)6-3-7-19(20)28(22,26)27;1-12(21)9-13-5-2-3-6-14(13)10-15-11-17(23)19-16(20(15)24)7-4-8-18(19)27(22,25)26;1-2-5-13-6-3-7-14(10-13)11-15-12-17(22)19-16(20(15)23)8-4-9-18(19)26(21,24)25;1-11(22)21-30(27,28)14-7-5-12(6-8-14)9-13-10-16(23)18-15(19(13)24)3-2-4-17(18)29(20,25)26/h2-7,10,12H,8-9,11H2,1H3,(H2,22,26,27);2-8,11-12H,9-10,21H2,1H3,(H2,22,25,26);3-4,6-10,12H,2,5,11H2,1H3,(H2,21,24,25);2-8,10H,9H2,1H3,(H,21,22)(H2,20,25,26)/t;12-;;/m.1../s1. The number of fused-ring (bicyclic) bond motifs is 4. The van der Waals surface area contributed by atoms with Gasteiger partial charge in [0, 0.05) is 89.6 Å². The lowest BCUT2D eigenvalue weighted by Gasteiger charge is -2.18. The Morgan fingerprint density at radius 3 is 1.02 bits per heavy atom. The summed E-state index contributed by atoms with van der Waals surface area (Å²) in [6.45, 7) is 6.60. The third-order valence-corrected chi connectivity index (χ3v) is 23.0. The Balaban J connectivity index is 0.000000170. The smallest absolute Gasteiger partial charge is 0.264 e. The van der Waals surface area contributed by atoms with Crippen LogP contribution in [0.3, 0.4) is 0 Å². The summed E-state index contributed by atoms with van der Waals surface area (Å²) in [4.78, 5) is 122. The maximum Gasteiger partial charge on any atom is 0.264 e. The molecule has 0 fully saturated rings. The number of sulfonamides is 5. The van der Waals surface area contributed by atoms with E-state index in [1.54, 1.807) is 0 Å². The number of nitrogens with two attached hydrogens (primary N) is 5. The number of carbonyl (C=O) groups excluding carboxylic acids is 10. The molecule has 0 spiro atoms. The third-order valence-electron chi connectivity index (χ3n) is 17.7. The molecule has 0 heterocycles. The number of carbonyl (C=O) groups is 10. The summed E-state index contributed by atoms with van der Waals surface area (Å²) in [5.74, 6) is -4.51. The number of amides is 1. The summed E-state index contributed by atoms with van der Waals surface area (Å²) in [6.07, 6.45) is 9.18. The number of Topliss-reactive ketones (excluding diaryl/α,β-unsaturated/α-hetero) is 5. The van der Waals surface area contributed by atoms with Gasteiger partial charge in [0.15, 0.2) is 46.3 Å². The zero-order chi connectivity index (χ0) is 81.4. The van der Waals surface area contributed by atoms with Crippen molar-refractivity contribution in [2.75, 3.05) is 0 Å². The molecule has 0 aliphatic heterocycles. The number of rotatable bonds is 21. The SMILES string of the molecule is CC(=O)CCc1cccc(CC2=CC(=O)c3c(cccc3S(N)(=O)=O)C2=O)c1.CC(=O)NS(=O)(=O)c1ccc(CC2=CC(=O)c3c(cccc3S(N)(=O)=O)C2=O)cc1.CCCc1cccc(CC2=CC(=O)c3c(cccc3S(N)(=O)=O)C2=O)c1.C[C@@H](N)Cc1ccccc1CC1=CC(=O)c2c(cccc2S(N)(=O)=O)C1=O. The zero-order valence-corrected chi connectivity index (χ0v) is 64.1. The van der Waals surface area contributed by atoms with Gasteiger partial charge >= 0.3 is 0 Å². The number of allylic oxidation sites excluding steroid dienone is 8. The molecule has 0 bridgehead atoms. The summed E-state index contributed by atoms with van der Waals surface area (Å²) in [5, 5.41) is 20.7. The second-order valence-corrected chi connectivity index (χ2v) is 34.2. The van der Waals surface area contributed by atoms with E-state index in [1.165, 1.54) is 122 Å². The van der Waals surface area contributed by atoms with Crippen LogP contribution < -0.4 is 31.0 Å². The molecular formula is C80H74N6O20S5. The van der Waals surface area contributed by atoms with E-state index in [0.717, 1.165) is 59.7 Å². The minimum Gasteiger partial charge on any atom is -0.328 e. The van der Waals surface area contributed by atoms with Crippen LogP contribution in [-0.4, -0.2) is 106 Å². The molecule has 574 valence electrons. The molecule has 11 N–H and O–H groups in total. The highest BCUT2D eigenvalue weighted by atomic mass is 32.2. The van der Waals surface area contributed by atoms with Crippen molar-refractivity contribution >= 4 is 108 Å². The van der Waals surface area contributed by atoms with Crippen LogP contribution in [0, 0.1) is 0 Å².